The summed E-state index contributed by atoms with van der Waals surface area (Å²) >= 11 is 0. The molecule has 1 aromatic rings. The first kappa shape index (κ1) is 20.4. The molecule has 4 unspecified atom stereocenters. The number of aromatic hydroxyl groups is 1. The molecule has 0 bridgehead atoms. The molecule has 138 valence electrons. The van der Waals surface area contributed by atoms with Crippen molar-refractivity contribution in [3.63, 3.8) is 0 Å². The second-order valence-electron chi connectivity index (χ2n) is 5.77. The Labute approximate surface area is 144 Å². The molecule has 1 aromatic carbocycles. The van der Waals surface area contributed by atoms with E-state index in [0.717, 1.165) is 0 Å². The van der Waals surface area contributed by atoms with Crippen LogP contribution in [0.3, 0.4) is 0 Å². The van der Waals surface area contributed by atoms with Crippen LogP contribution in [0.15, 0.2) is 24.3 Å². The average Bonchev–Trinajstić information content (AvgIpc) is 2.54. The predicted octanol–water partition coefficient (Wildman–Crippen LogP) is -1.28. The number of benzene rings is 1. The number of aliphatic hydroxyl groups is 1. The van der Waals surface area contributed by atoms with Gasteiger partial charge in [-0.1, -0.05) is 12.1 Å². The van der Waals surface area contributed by atoms with E-state index < -0.39 is 42.0 Å². The van der Waals surface area contributed by atoms with E-state index in [0.29, 0.717) is 5.56 Å². The summed E-state index contributed by atoms with van der Waals surface area (Å²) in [5, 5.41) is 32.3. The first-order valence-electron chi connectivity index (χ1n) is 7.67. The second kappa shape index (κ2) is 9.00. The monoisotopic (exact) mass is 353 g/mol. The van der Waals surface area contributed by atoms with Crippen LogP contribution in [0.25, 0.3) is 0 Å². The van der Waals surface area contributed by atoms with E-state index in [1.165, 1.54) is 26.0 Å². The zero-order valence-electron chi connectivity index (χ0n) is 14.0. The Balaban J connectivity index is 2.92. The SMILES string of the molecule is CC(NC(=O)C(Cc1ccc(O)cc1)NC(=O)C(N)C(C)O)C(=O)O. The van der Waals surface area contributed by atoms with E-state index in [1.807, 2.05) is 0 Å². The number of hydrogen-bond acceptors (Lipinski definition) is 6. The molecule has 0 saturated heterocycles. The van der Waals surface area contributed by atoms with E-state index in [2.05, 4.69) is 10.6 Å². The smallest absolute Gasteiger partial charge is 0.325 e. The number of carbonyl (C=O) groups is 3. The number of phenolic OH excluding ortho intramolecular Hbond substituents is 1. The van der Waals surface area contributed by atoms with Crippen molar-refractivity contribution in [3.8, 4) is 5.75 Å². The number of nitrogens with one attached hydrogen (secondary N) is 2. The van der Waals surface area contributed by atoms with E-state index in [9.17, 15) is 24.6 Å². The molecule has 4 atom stereocenters. The lowest BCUT2D eigenvalue weighted by molar-refractivity contribution is -0.141. The molecule has 0 spiro atoms. The summed E-state index contributed by atoms with van der Waals surface area (Å²) in [4.78, 5) is 35.2. The van der Waals surface area contributed by atoms with Gasteiger partial charge in [-0.2, -0.15) is 0 Å². The highest BCUT2D eigenvalue weighted by molar-refractivity contribution is 5.92. The van der Waals surface area contributed by atoms with Crippen molar-refractivity contribution >= 4 is 17.8 Å². The van der Waals surface area contributed by atoms with Gasteiger partial charge in [-0.25, -0.2) is 0 Å². The highest BCUT2D eigenvalue weighted by atomic mass is 16.4. The zero-order valence-corrected chi connectivity index (χ0v) is 14.0. The molecule has 7 N–H and O–H groups in total. The van der Waals surface area contributed by atoms with Gasteiger partial charge in [0.1, 0.15) is 23.9 Å². The molecule has 9 heteroatoms. The van der Waals surface area contributed by atoms with Gasteiger partial charge in [0, 0.05) is 6.42 Å². The molecular weight excluding hydrogens is 330 g/mol. The number of rotatable bonds is 8. The van der Waals surface area contributed by atoms with Crippen LogP contribution in [0, 0.1) is 0 Å². The Morgan fingerprint density at radius 1 is 1.08 bits per heavy atom. The van der Waals surface area contributed by atoms with Gasteiger partial charge in [-0.15, -0.1) is 0 Å². The van der Waals surface area contributed by atoms with Gasteiger partial charge in [0.2, 0.25) is 11.8 Å². The highest BCUT2D eigenvalue weighted by Crippen LogP contribution is 2.11. The lowest BCUT2D eigenvalue weighted by Crippen LogP contribution is -2.56. The standard InChI is InChI=1S/C16H23N3O6/c1-8(16(24)25)18-14(22)12(19-15(23)13(17)9(2)20)7-10-3-5-11(21)6-4-10/h3-6,8-9,12-13,20-21H,7,17H2,1-2H3,(H,18,22)(H,19,23)(H,24,25). The summed E-state index contributed by atoms with van der Waals surface area (Å²) < 4.78 is 0. The fourth-order valence-electron chi connectivity index (χ4n) is 1.94. The van der Waals surface area contributed by atoms with Gasteiger partial charge < -0.3 is 31.7 Å². The van der Waals surface area contributed by atoms with Crippen LogP contribution in [-0.4, -0.2) is 57.3 Å². The maximum absolute atomic E-state index is 12.3. The highest BCUT2D eigenvalue weighted by Gasteiger charge is 2.27. The second-order valence-corrected chi connectivity index (χ2v) is 5.77. The lowest BCUT2D eigenvalue weighted by atomic mass is 10.0. The van der Waals surface area contributed by atoms with Crippen LogP contribution in [0.5, 0.6) is 5.75 Å². The molecule has 0 saturated carbocycles. The average molecular weight is 353 g/mol. The molecule has 9 nitrogen and oxygen atoms in total. The Kier molecular flexibility index (Phi) is 7.34. The minimum absolute atomic E-state index is 0.0458. The minimum Gasteiger partial charge on any atom is -0.508 e. The number of carboxylic acids is 1. The quantitative estimate of drug-likeness (QED) is 0.339. The molecule has 0 fully saturated rings. The number of aliphatic hydroxyl groups excluding tert-OH is 1. The van der Waals surface area contributed by atoms with Crippen molar-refractivity contribution in [2.75, 3.05) is 0 Å². The normalized spacial score (nSPS) is 15.5. The number of amides is 2. The van der Waals surface area contributed by atoms with Crippen LogP contribution in [0.1, 0.15) is 19.4 Å². The van der Waals surface area contributed by atoms with Gasteiger partial charge in [0.25, 0.3) is 0 Å². The molecular formula is C16H23N3O6. The summed E-state index contributed by atoms with van der Waals surface area (Å²) in [6.45, 7) is 2.63. The molecule has 2 amide bonds. The van der Waals surface area contributed by atoms with Crippen LogP contribution >= 0.6 is 0 Å². The fourth-order valence-corrected chi connectivity index (χ4v) is 1.94. The van der Waals surface area contributed by atoms with Crippen molar-refractivity contribution in [2.45, 2.75) is 44.5 Å². The molecule has 1 rings (SSSR count). The van der Waals surface area contributed by atoms with Crippen molar-refractivity contribution in [2.24, 2.45) is 5.73 Å². The minimum atomic E-state index is -1.23. The predicted molar refractivity (Wildman–Crippen MR) is 88.6 cm³/mol. The van der Waals surface area contributed by atoms with Gasteiger partial charge in [0.15, 0.2) is 0 Å². The maximum atomic E-state index is 12.3. The Bertz CT molecular complexity index is 617. The topological polar surface area (TPSA) is 162 Å². The Morgan fingerprint density at radius 3 is 2.12 bits per heavy atom. The molecule has 0 aliphatic carbocycles. The first-order valence-corrected chi connectivity index (χ1v) is 7.67. The van der Waals surface area contributed by atoms with Crippen molar-refractivity contribution in [1.29, 1.82) is 0 Å². The number of hydrogen-bond donors (Lipinski definition) is 6. The third-order valence-corrected chi connectivity index (χ3v) is 3.56. The number of nitrogens with two attached hydrogens (primary N) is 1. The summed E-state index contributed by atoms with van der Waals surface area (Å²) in [6, 6.07) is 2.52. The number of carboxylic acid groups (broad SMARTS) is 1. The molecule has 25 heavy (non-hydrogen) atoms. The first-order chi connectivity index (χ1) is 11.6. The van der Waals surface area contributed by atoms with Crippen LogP contribution in [0.4, 0.5) is 0 Å². The van der Waals surface area contributed by atoms with Gasteiger partial charge in [-0.05, 0) is 31.5 Å². The van der Waals surface area contributed by atoms with E-state index in [-0.39, 0.29) is 12.2 Å². The summed E-state index contributed by atoms with van der Waals surface area (Å²) in [6.07, 6.45) is -1.06. The van der Waals surface area contributed by atoms with Gasteiger partial charge in [0.05, 0.1) is 6.10 Å². The van der Waals surface area contributed by atoms with E-state index in [1.54, 1.807) is 12.1 Å². The Morgan fingerprint density at radius 2 is 1.64 bits per heavy atom. The van der Waals surface area contributed by atoms with Crippen LogP contribution in [-0.2, 0) is 20.8 Å². The Hall–Kier alpha value is -2.65. The number of phenols is 1. The maximum Gasteiger partial charge on any atom is 0.325 e. The number of aliphatic carboxylic acids is 1. The van der Waals surface area contributed by atoms with Crippen LogP contribution in [0.2, 0.25) is 0 Å². The summed E-state index contributed by atoms with van der Waals surface area (Å²) in [5.74, 6) is -2.61. The molecule has 0 aliphatic heterocycles. The largest absolute Gasteiger partial charge is 0.508 e. The summed E-state index contributed by atoms with van der Waals surface area (Å²) in [7, 11) is 0. The lowest BCUT2D eigenvalue weighted by Gasteiger charge is -2.22. The molecule has 0 radical (unpaired) electrons. The summed E-state index contributed by atoms with van der Waals surface area (Å²) in [5.41, 5.74) is 6.18. The molecule has 0 heterocycles. The third kappa shape index (κ3) is 6.40. The molecule has 0 aromatic heterocycles. The van der Waals surface area contributed by atoms with E-state index >= 15 is 0 Å². The van der Waals surface area contributed by atoms with E-state index in [4.69, 9.17) is 10.8 Å². The van der Waals surface area contributed by atoms with Crippen molar-refractivity contribution < 1.29 is 29.7 Å². The van der Waals surface area contributed by atoms with Gasteiger partial charge >= 0.3 is 5.97 Å². The molecule has 0 aliphatic rings. The van der Waals surface area contributed by atoms with Crippen LogP contribution < -0.4 is 16.4 Å². The fraction of sp³-hybridized carbons (Fsp3) is 0.438. The number of carbonyl (C=O) groups excluding carboxylic acids is 2. The van der Waals surface area contributed by atoms with Crippen molar-refractivity contribution in [3.05, 3.63) is 29.8 Å². The third-order valence-electron chi connectivity index (χ3n) is 3.56. The van der Waals surface area contributed by atoms with Crippen molar-refractivity contribution in [1.82, 2.24) is 10.6 Å². The zero-order chi connectivity index (χ0) is 19.1. The van der Waals surface area contributed by atoms with Gasteiger partial charge in [-0.3, -0.25) is 14.4 Å².